The van der Waals surface area contributed by atoms with Gasteiger partial charge in [0.2, 0.25) is 5.95 Å². The maximum absolute atomic E-state index is 4.43. The van der Waals surface area contributed by atoms with Crippen LogP contribution in [0, 0.1) is 13.8 Å². The Morgan fingerprint density at radius 3 is 2.22 bits per heavy atom. The molecule has 0 bridgehead atoms. The fourth-order valence-electron chi connectivity index (χ4n) is 2.05. The van der Waals surface area contributed by atoms with Crippen LogP contribution in [0.3, 0.4) is 0 Å². The molecule has 18 heavy (non-hydrogen) atoms. The Balaban J connectivity index is 2.20. The Hall–Kier alpha value is -1.90. The number of hydrogen-bond donors (Lipinski definition) is 1. The van der Waals surface area contributed by atoms with Crippen LogP contribution in [-0.4, -0.2) is 9.97 Å². The van der Waals surface area contributed by atoms with E-state index in [0.717, 1.165) is 17.8 Å². The Kier molecular flexibility index (Phi) is 3.92. The average molecular weight is 241 g/mol. The summed E-state index contributed by atoms with van der Waals surface area (Å²) < 4.78 is 0. The van der Waals surface area contributed by atoms with Gasteiger partial charge in [-0.1, -0.05) is 37.3 Å². The van der Waals surface area contributed by atoms with E-state index in [4.69, 9.17) is 0 Å². The van der Waals surface area contributed by atoms with Gasteiger partial charge in [0.25, 0.3) is 0 Å². The van der Waals surface area contributed by atoms with Crippen molar-refractivity contribution in [3.8, 4) is 0 Å². The summed E-state index contributed by atoms with van der Waals surface area (Å²) in [6.45, 7) is 6.14. The minimum Gasteiger partial charge on any atom is -0.347 e. The van der Waals surface area contributed by atoms with E-state index in [1.165, 1.54) is 5.56 Å². The third-order valence-corrected chi connectivity index (χ3v) is 2.90. The molecular formula is C15H19N3. The molecule has 1 unspecified atom stereocenters. The monoisotopic (exact) mass is 241 g/mol. The fourth-order valence-corrected chi connectivity index (χ4v) is 2.05. The van der Waals surface area contributed by atoms with Gasteiger partial charge in [-0.2, -0.15) is 0 Å². The number of anilines is 1. The summed E-state index contributed by atoms with van der Waals surface area (Å²) >= 11 is 0. The summed E-state index contributed by atoms with van der Waals surface area (Å²) in [5.41, 5.74) is 3.25. The first-order valence-electron chi connectivity index (χ1n) is 6.33. The second kappa shape index (κ2) is 5.63. The molecule has 0 radical (unpaired) electrons. The summed E-state index contributed by atoms with van der Waals surface area (Å²) in [5, 5.41) is 3.40. The molecule has 1 aromatic heterocycles. The molecule has 1 N–H and O–H groups in total. The van der Waals surface area contributed by atoms with E-state index < -0.39 is 0 Å². The number of rotatable bonds is 4. The lowest BCUT2D eigenvalue weighted by Crippen LogP contribution is -2.12. The van der Waals surface area contributed by atoms with Gasteiger partial charge in [0, 0.05) is 11.4 Å². The number of nitrogens with zero attached hydrogens (tertiary/aromatic N) is 2. The molecule has 1 heterocycles. The Morgan fingerprint density at radius 2 is 1.67 bits per heavy atom. The molecule has 0 saturated carbocycles. The second-order valence-electron chi connectivity index (χ2n) is 4.49. The number of aromatic nitrogens is 2. The predicted molar refractivity (Wildman–Crippen MR) is 74.6 cm³/mol. The standard InChI is InChI=1S/C15H19N3/c1-4-14(13-8-6-5-7-9-13)18-15-16-11(2)10-12(3)17-15/h5-10,14H,4H2,1-3H3,(H,16,17,18). The SMILES string of the molecule is CCC(Nc1nc(C)cc(C)n1)c1ccccc1. The van der Waals surface area contributed by atoms with Crippen molar-refractivity contribution in [2.45, 2.75) is 33.2 Å². The molecule has 2 rings (SSSR count). The van der Waals surface area contributed by atoms with Crippen molar-refractivity contribution < 1.29 is 0 Å². The van der Waals surface area contributed by atoms with Gasteiger partial charge in [-0.05, 0) is 31.9 Å². The zero-order valence-electron chi connectivity index (χ0n) is 11.1. The summed E-state index contributed by atoms with van der Waals surface area (Å²) in [4.78, 5) is 8.85. The van der Waals surface area contributed by atoms with E-state index >= 15 is 0 Å². The highest BCUT2D eigenvalue weighted by molar-refractivity contribution is 5.33. The largest absolute Gasteiger partial charge is 0.347 e. The van der Waals surface area contributed by atoms with Crippen molar-refractivity contribution in [3.05, 3.63) is 53.3 Å². The van der Waals surface area contributed by atoms with Gasteiger partial charge >= 0.3 is 0 Å². The van der Waals surface area contributed by atoms with Crippen LogP contribution in [-0.2, 0) is 0 Å². The number of aryl methyl sites for hydroxylation is 2. The van der Waals surface area contributed by atoms with Gasteiger partial charge in [0.1, 0.15) is 0 Å². The van der Waals surface area contributed by atoms with Gasteiger partial charge in [0.05, 0.1) is 6.04 Å². The number of benzene rings is 1. The maximum atomic E-state index is 4.43. The highest BCUT2D eigenvalue weighted by atomic mass is 15.1. The molecule has 3 heteroatoms. The van der Waals surface area contributed by atoms with E-state index in [-0.39, 0.29) is 6.04 Å². The van der Waals surface area contributed by atoms with Crippen LogP contribution in [0.25, 0.3) is 0 Å². The van der Waals surface area contributed by atoms with Gasteiger partial charge in [0.15, 0.2) is 0 Å². The van der Waals surface area contributed by atoms with Crippen molar-refractivity contribution in [3.63, 3.8) is 0 Å². The van der Waals surface area contributed by atoms with Crippen LogP contribution in [0.15, 0.2) is 36.4 Å². The second-order valence-corrected chi connectivity index (χ2v) is 4.49. The van der Waals surface area contributed by atoms with E-state index in [0.29, 0.717) is 5.95 Å². The van der Waals surface area contributed by atoms with Crippen LogP contribution in [0.4, 0.5) is 5.95 Å². The lowest BCUT2D eigenvalue weighted by Gasteiger charge is -2.17. The first kappa shape index (κ1) is 12.6. The van der Waals surface area contributed by atoms with Crippen molar-refractivity contribution in [1.82, 2.24) is 9.97 Å². The molecule has 1 aromatic carbocycles. The van der Waals surface area contributed by atoms with Crippen LogP contribution in [0.2, 0.25) is 0 Å². The van der Waals surface area contributed by atoms with Crippen molar-refractivity contribution >= 4 is 5.95 Å². The molecular weight excluding hydrogens is 222 g/mol. The summed E-state index contributed by atoms with van der Waals surface area (Å²) in [7, 11) is 0. The minimum atomic E-state index is 0.257. The first-order valence-corrected chi connectivity index (χ1v) is 6.33. The molecule has 0 aliphatic heterocycles. The van der Waals surface area contributed by atoms with Crippen LogP contribution in [0.5, 0.6) is 0 Å². The van der Waals surface area contributed by atoms with Gasteiger partial charge < -0.3 is 5.32 Å². The Labute approximate surface area is 108 Å². The third-order valence-electron chi connectivity index (χ3n) is 2.90. The summed E-state index contributed by atoms with van der Waals surface area (Å²) in [5.74, 6) is 0.711. The summed E-state index contributed by atoms with van der Waals surface area (Å²) in [6, 6.07) is 12.6. The fraction of sp³-hybridized carbons (Fsp3) is 0.333. The van der Waals surface area contributed by atoms with Gasteiger partial charge in [-0.15, -0.1) is 0 Å². The van der Waals surface area contributed by atoms with E-state index in [9.17, 15) is 0 Å². The van der Waals surface area contributed by atoms with Crippen molar-refractivity contribution in [2.75, 3.05) is 5.32 Å². The van der Waals surface area contributed by atoms with E-state index in [1.54, 1.807) is 0 Å². The molecule has 94 valence electrons. The smallest absolute Gasteiger partial charge is 0.223 e. The van der Waals surface area contributed by atoms with Gasteiger partial charge in [-0.3, -0.25) is 0 Å². The molecule has 0 amide bonds. The van der Waals surface area contributed by atoms with Crippen LogP contribution >= 0.6 is 0 Å². The van der Waals surface area contributed by atoms with E-state index in [1.807, 2.05) is 26.0 Å². The molecule has 0 aliphatic carbocycles. The van der Waals surface area contributed by atoms with Crippen molar-refractivity contribution in [1.29, 1.82) is 0 Å². The van der Waals surface area contributed by atoms with Crippen LogP contribution in [0.1, 0.15) is 36.3 Å². The van der Waals surface area contributed by atoms with E-state index in [2.05, 4.69) is 46.5 Å². The molecule has 0 fully saturated rings. The molecule has 2 aromatic rings. The highest BCUT2D eigenvalue weighted by Crippen LogP contribution is 2.20. The zero-order chi connectivity index (χ0) is 13.0. The quantitative estimate of drug-likeness (QED) is 0.887. The summed E-state index contributed by atoms with van der Waals surface area (Å²) in [6.07, 6.45) is 1.00. The minimum absolute atomic E-state index is 0.257. The Morgan fingerprint density at radius 1 is 1.06 bits per heavy atom. The Bertz CT molecular complexity index is 488. The average Bonchev–Trinajstić information content (AvgIpc) is 2.36. The first-order chi connectivity index (χ1) is 8.69. The van der Waals surface area contributed by atoms with Crippen molar-refractivity contribution in [2.24, 2.45) is 0 Å². The van der Waals surface area contributed by atoms with Gasteiger partial charge in [-0.25, -0.2) is 9.97 Å². The number of nitrogens with one attached hydrogen (secondary N) is 1. The highest BCUT2D eigenvalue weighted by Gasteiger charge is 2.10. The lowest BCUT2D eigenvalue weighted by molar-refractivity contribution is 0.736. The maximum Gasteiger partial charge on any atom is 0.223 e. The zero-order valence-corrected chi connectivity index (χ0v) is 11.1. The predicted octanol–water partition coefficient (Wildman–Crippen LogP) is 3.66. The lowest BCUT2D eigenvalue weighted by atomic mass is 10.1. The molecule has 1 atom stereocenters. The molecule has 0 spiro atoms. The number of hydrogen-bond acceptors (Lipinski definition) is 3. The topological polar surface area (TPSA) is 37.8 Å². The van der Waals surface area contributed by atoms with Crippen LogP contribution < -0.4 is 5.32 Å². The molecule has 0 saturated heterocycles. The normalized spacial score (nSPS) is 12.2. The molecule has 0 aliphatic rings. The molecule has 3 nitrogen and oxygen atoms in total. The third kappa shape index (κ3) is 3.06.